The Kier molecular flexibility index (Phi) is 3.69. The molecule has 2 rings (SSSR count). The van der Waals surface area contributed by atoms with Gasteiger partial charge in [-0.3, -0.25) is 9.59 Å². The normalized spacial score (nSPS) is 19.2. The fourth-order valence-corrected chi connectivity index (χ4v) is 2.25. The zero-order valence-corrected chi connectivity index (χ0v) is 10.2. The molecule has 5 nitrogen and oxygen atoms in total. The Morgan fingerprint density at radius 1 is 1.37 bits per heavy atom. The van der Waals surface area contributed by atoms with Gasteiger partial charge in [0, 0.05) is 13.1 Å². The summed E-state index contributed by atoms with van der Waals surface area (Å²) < 4.78 is 13.6. The van der Waals surface area contributed by atoms with Crippen molar-refractivity contribution in [3.05, 3.63) is 29.6 Å². The molecule has 1 aliphatic heterocycles. The molecule has 1 aromatic carbocycles. The van der Waals surface area contributed by atoms with Crippen LogP contribution in [-0.4, -0.2) is 40.1 Å². The lowest BCUT2D eigenvalue weighted by atomic mass is 9.97. The zero-order chi connectivity index (χ0) is 14.0. The molecule has 6 heteroatoms. The third-order valence-electron chi connectivity index (χ3n) is 3.26. The number of carbonyl (C=O) groups excluding carboxylic acids is 1. The third-order valence-corrected chi connectivity index (χ3v) is 3.26. The van der Waals surface area contributed by atoms with Gasteiger partial charge < -0.3 is 15.1 Å². The van der Waals surface area contributed by atoms with Crippen molar-refractivity contribution in [3.8, 4) is 5.75 Å². The van der Waals surface area contributed by atoms with Crippen LogP contribution < -0.4 is 0 Å². The second-order valence-corrected chi connectivity index (χ2v) is 4.56. The van der Waals surface area contributed by atoms with Crippen LogP contribution in [0.2, 0.25) is 0 Å². The number of halogens is 1. The molecule has 0 unspecified atom stereocenters. The van der Waals surface area contributed by atoms with E-state index in [0.29, 0.717) is 19.4 Å². The van der Waals surface area contributed by atoms with E-state index in [9.17, 15) is 19.1 Å². The summed E-state index contributed by atoms with van der Waals surface area (Å²) in [6.07, 6.45) is 1.06. The van der Waals surface area contributed by atoms with Crippen molar-refractivity contribution >= 4 is 11.9 Å². The molecular weight excluding hydrogens is 253 g/mol. The summed E-state index contributed by atoms with van der Waals surface area (Å²) in [4.78, 5) is 24.4. The average molecular weight is 267 g/mol. The number of carboxylic acid groups (broad SMARTS) is 1. The summed E-state index contributed by atoms with van der Waals surface area (Å²) in [5.74, 6) is -3.49. The quantitative estimate of drug-likeness (QED) is 0.850. The third kappa shape index (κ3) is 2.67. The van der Waals surface area contributed by atoms with Crippen molar-refractivity contribution in [2.45, 2.75) is 12.8 Å². The highest BCUT2D eigenvalue weighted by atomic mass is 19.1. The van der Waals surface area contributed by atoms with Gasteiger partial charge in [0.15, 0.2) is 0 Å². The molecule has 1 amide bonds. The lowest BCUT2D eigenvalue weighted by Gasteiger charge is -2.30. The van der Waals surface area contributed by atoms with E-state index >= 15 is 0 Å². The van der Waals surface area contributed by atoms with E-state index in [2.05, 4.69) is 0 Å². The van der Waals surface area contributed by atoms with E-state index in [0.717, 1.165) is 6.07 Å². The number of carbonyl (C=O) groups is 2. The maximum Gasteiger partial charge on any atom is 0.308 e. The summed E-state index contributed by atoms with van der Waals surface area (Å²) in [6, 6.07) is 3.62. The molecule has 0 radical (unpaired) electrons. The Morgan fingerprint density at radius 2 is 2.11 bits per heavy atom. The van der Waals surface area contributed by atoms with Gasteiger partial charge in [0.05, 0.1) is 5.92 Å². The molecular formula is C13H14FNO4. The van der Waals surface area contributed by atoms with Gasteiger partial charge in [0.1, 0.15) is 17.1 Å². The molecule has 1 aliphatic rings. The monoisotopic (exact) mass is 267 g/mol. The Morgan fingerprint density at radius 3 is 2.74 bits per heavy atom. The van der Waals surface area contributed by atoms with Gasteiger partial charge in [0.25, 0.3) is 5.91 Å². The summed E-state index contributed by atoms with van der Waals surface area (Å²) in [7, 11) is 0. The van der Waals surface area contributed by atoms with Crippen molar-refractivity contribution in [1.29, 1.82) is 0 Å². The molecule has 102 valence electrons. The minimum Gasteiger partial charge on any atom is -0.507 e. The fourth-order valence-electron chi connectivity index (χ4n) is 2.25. The largest absolute Gasteiger partial charge is 0.507 e. The predicted molar refractivity (Wildman–Crippen MR) is 64.3 cm³/mol. The van der Waals surface area contributed by atoms with Crippen LogP contribution in [-0.2, 0) is 4.79 Å². The first-order valence-corrected chi connectivity index (χ1v) is 6.00. The van der Waals surface area contributed by atoms with E-state index in [1.165, 1.54) is 17.0 Å². The number of benzene rings is 1. The number of likely N-dealkylation sites (tertiary alicyclic amines) is 1. The van der Waals surface area contributed by atoms with E-state index in [1.54, 1.807) is 0 Å². The predicted octanol–water partition coefficient (Wildman–Crippen LogP) is 1.47. The Balaban J connectivity index is 2.22. The molecule has 1 aromatic rings. The number of hydrogen-bond donors (Lipinski definition) is 2. The highest BCUT2D eigenvalue weighted by Crippen LogP contribution is 2.25. The van der Waals surface area contributed by atoms with Gasteiger partial charge in [-0.15, -0.1) is 0 Å². The molecule has 0 spiro atoms. The summed E-state index contributed by atoms with van der Waals surface area (Å²) >= 11 is 0. The topological polar surface area (TPSA) is 77.8 Å². The Hall–Kier alpha value is -2.11. The van der Waals surface area contributed by atoms with Crippen molar-refractivity contribution in [2.24, 2.45) is 5.92 Å². The molecule has 0 aliphatic carbocycles. The number of hydrogen-bond acceptors (Lipinski definition) is 3. The number of phenols is 1. The van der Waals surface area contributed by atoms with Crippen molar-refractivity contribution in [3.63, 3.8) is 0 Å². The van der Waals surface area contributed by atoms with Crippen LogP contribution in [0.4, 0.5) is 4.39 Å². The molecule has 2 N–H and O–H groups in total. The van der Waals surface area contributed by atoms with Gasteiger partial charge in [-0.05, 0) is 25.0 Å². The first kappa shape index (κ1) is 13.3. The summed E-state index contributed by atoms with van der Waals surface area (Å²) in [5, 5.41) is 18.5. The number of piperidine rings is 1. The van der Waals surface area contributed by atoms with Crippen LogP contribution in [0.15, 0.2) is 18.2 Å². The fraction of sp³-hybridized carbons (Fsp3) is 0.385. The van der Waals surface area contributed by atoms with Gasteiger partial charge in [-0.1, -0.05) is 6.07 Å². The smallest absolute Gasteiger partial charge is 0.308 e. The van der Waals surface area contributed by atoms with Crippen molar-refractivity contribution in [1.82, 2.24) is 4.90 Å². The maximum absolute atomic E-state index is 13.6. The summed E-state index contributed by atoms with van der Waals surface area (Å²) in [5.41, 5.74) is -0.395. The van der Waals surface area contributed by atoms with Crippen LogP contribution in [0.1, 0.15) is 23.2 Å². The number of aliphatic carboxylic acids is 1. The Bertz CT molecular complexity index is 497. The molecule has 0 saturated carbocycles. The average Bonchev–Trinajstić information content (AvgIpc) is 2.38. The number of aromatic hydroxyl groups is 1. The molecule has 1 heterocycles. The van der Waals surface area contributed by atoms with Gasteiger partial charge in [-0.2, -0.15) is 0 Å². The van der Waals surface area contributed by atoms with Gasteiger partial charge in [-0.25, -0.2) is 4.39 Å². The van der Waals surface area contributed by atoms with Crippen molar-refractivity contribution < 1.29 is 24.2 Å². The van der Waals surface area contributed by atoms with Crippen molar-refractivity contribution in [2.75, 3.05) is 13.1 Å². The number of amides is 1. The lowest BCUT2D eigenvalue weighted by molar-refractivity contribution is -0.143. The highest BCUT2D eigenvalue weighted by molar-refractivity contribution is 5.97. The molecule has 0 bridgehead atoms. The van der Waals surface area contributed by atoms with Crippen LogP contribution in [0.25, 0.3) is 0 Å². The maximum atomic E-state index is 13.6. The molecule has 19 heavy (non-hydrogen) atoms. The van der Waals surface area contributed by atoms with Crippen LogP contribution in [0.5, 0.6) is 5.75 Å². The Labute approximate surface area is 109 Å². The molecule has 1 fully saturated rings. The molecule has 1 saturated heterocycles. The number of phenolic OH excluding ortho intramolecular Hbond substituents is 1. The SMILES string of the molecule is O=C(O)[C@@H]1CCCN(C(=O)c2c(O)cccc2F)C1. The number of carboxylic acids is 1. The van der Waals surface area contributed by atoms with Gasteiger partial charge in [0.2, 0.25) is 0 Å². The van der Waals surface area contributed by atoms with Gasteiger partial charge >= 0.3 is 5.97 Å². The van der Waals surface area contributed by atoms with Crippen LogP contribution in [0, 0.1) is 11.7 Å². The first-order chi connectivity index (χ1) is 9.00. The summed E-state index contributed by atoms with van der Waals surface area (Å²) in [6.45, 7) is 0.415. The first-order valence-electron chi connectivity index (χ1n) is 6.00. The lowest BCUT2D eigenvalue weighted by Crippen LogP contribution is -2.42. The second kappa shape index (κ2) is 5.26. The van der Waals surface area contributed by atoms with E-state index in [-0.39, 0.29) is 6.54 Å². The second-order valence-electron chi connectivity index (χ2n) is 4.56. The van der Waals surface area contributed by atoms with Crippen LogP contribution >= 0.6 is 0 Å². The minimum atomic E-state index is -0.963. The number of rotatable bonds is 2. The standard InChI is InChI=1S/C13H14FNO4/c14-9-4-1-5-10(16)11(9)12(17)15-6-2-3-8(7-15)13(18)19/h1,4-5,8,16H,2-3,6-7H2,(H,18,19)/t8-/m1/s1. The molecule has 0 aromatic heterocycles. The minimum absolute atomic E-state index is 0.0436. The van der Waals surface area contributed by atoms with E-state index in [1.807, 2.05) is 0 Å². The van der Waals surface area contributed by atoms with E-state index < -0.39 is 34.9 Å². The van der Waals surface area contributed by atoms with Crippen LogP contribution in [0.3, 0.4) is 0 Å². The zero-order valence-electron chi connectivity index (χ0n) is 10.2. The molecule has 1 atom stereocenters. The number of nitrogens with zero attached hydrogens (tertiary/aromatic N) is 1. The highest BCUT2D eigenvalue weighted by Gasteiger charge is 2.30. The van der Waals surface area contributed by atoms with E-state index in [4.69, 9.17) is 5.11 Å².